The molecule has 0 spiro atoms. The van der Waals surface area contributed by atoms with Crippen molar-refractivity contribution in [2.45, 2.75) is 24.0 Å². The van der Waals surface area contributed by atoms with E-state index in [4.69, 9.17) is 23.2 Å². The van der Waals surface area contributed by atoms with Crippen molar-refractivity contribution < 1.29 is 4.79 Å². The number of allylic oxidation sites excluding steroid dienone is 1. The maximum absolute atomic E-state index is 10.8. The highest BCUT2D eigenvalue weighted by atomic mass is 35.5. The van der Waals surface area contributed by atoms with Crippen LogP contribution in [0.2, 0.25) is 0 Å². The van der Waals surface area contributed by atoms with Gasteiger partial charge in [0, 0.05) is 0 Å². The first-order chi connectivity index (χ1) is 5.68. The van der Waals surface area contributed by atoms with Gasteiger partial charge in [-0.3, -0.25) is 0 Å². The molecule has 0 aromatic rings. The number of hydrogen-bond acceptors (Lipinski definition) is 2. The highest BCUT2D eigenvalue weighted by Crippen LogP contribution is 2.39. The molecule has 0 bridgehead atoms. The lowest BCUT2D eigenvalue weighted by atomic mass is 10.0. The molecular formula is C8H10Cl2OS. The molecule has 0 amide bonds. The van der Waals surface area contributed by atoms with Crippen molar-refractivity contribution in [2.24, 2.45) is 0 Å². The molecule has 1 aliphatic rings. The lowest BCUT2D eigenvalue weighted by Crippen LogP contribution is -2.21. The van der Waals surface area contributed by atoms with Gasteiger partial charge in [-0.2, -0.15) is 0 Å². The second-order valence-corrected chi connectivity index (χ2v) is 5.35. The van der Waals surface area contributed by atoms with E-state index in [2.05, 4.69) is 0 Å². The topological polar surface area (TPSA) is 17.1 Å². The molecule has 1 atom stereocenters. The Hall–Kier alpha value is 0.340. The summed E-state index contributed by atoms with van der Waals surface area (Å²) in [7, 11) is 0. The molecule has 12 heavy (non-hydrogen) atoms. The van der Waals surface area contributed by atoms with E-state index < -0.39 is 0 Å². The van der Waals surface area contributed by atoms with Crippen LogP contribution in [0.1, 0.15) is 19.3 Å². The van der Waals surface area contributed by atoms with Crippen LogP contribution in [-0.2, 0) is 4.79 Å². The number of halogens is 2. The van der Waals surface area contributed by atoms with Gasteiger partial charge in [-0.1, -0.05) is 29.3 Å². The van der Waals surface area contributed by atoms with Crippen molar-refractivity contribution in [3.8, 4) is 0 Å². The van der Waals surface area contributed by atoms with Gasteiger partial charge >= 0.3 is 0 Å². The fourth-order valence-electron chi connectivity index (χ4n) is 1.27. The minimum Gasteiger partial charge on any atom is -0.302 e. The van der Waals surface area contributed by atoms with Crippen LogP contribution in [0.15, 0.2) is 10.6 Å². The zero-order valence-electron chi connectivity index (χ0n) is 6.56. The van der Waals surface area contributed by atoms with Crippen LogP contribution in [0, 0.1) is 0 Å². The molecule has 1 rings (SSSR count). The summed E-state index contributed by atoms with van der Waals surface area (Å²) in [6.45, 7) is 0. The first kappa shape index (κ1) is 10.4. The Bertz CT molecular complexity index is 193. The van der Waals surface area contributed by atoms with E-state index in [1.165, 1.54) is 0 Å². The van der Waals surface area contributed by atoms with E-state index in [0.717, 1.165) is 24.9 Å². The van der Waals surface area contributed by atoms with Crippen molar-refractivity contribution in [3.05, 3.63) is 10.6 Å². The largest absolute Gasteiger partial charge is 0.302 e. The van der Waals surface area contributed by atoms with Crippen LogP contribution in [0.4, 0.5) is 0 Å². The second kappa shape index (κ2) is 4.54. The first-order valence-corrected chi connectivity index (χ1v) is 5.54. The molecule has 1 nitrogen and oxygen atoms in total. The summed E-state index contributed by atoms with van der Waals surface area (Å²) in [6, 6.07) is 0. The minimum atomic E-state index is -0.241. The normalized spacial score (nSPS) is 28.5. The Morgan fingerprint density at radius 1 is 1.58 bits per heavy atom. The van der Waals surface area contributed by atoms with E-state index in [0.29, 0.717) is 6.42 Å². The van der Waals surface area contributed by atoms with E-state index in [1.54, 1.807) is 17.8 Å². The highest BCUT2D eigenvalue weighted by molar-refractivity contribution is 8.01. The third-order valence-electron chi connectivity index (χ3n) is 1.95. The van der Waals surface area contributed by atoms with Gasteiger partial charge in [-0.05, 0) is 25.0 Å². The molecule has 0 saturated carbocycles. The van der Waals surface area contributed by atoms with Crippen molar-refractivity contribution in [1.82, 2.24) is 0 Å². The van der Waals surface area contributed by atoms with Gasteiger partial charge in [0.05, 0.1) is 4.75 Å². The quantitative estimate of drug-likeness (QED) is 0.686. The summed E-state index contributed by atoms with van der Waals surface area (Å²) in [5.41, 5.74) is 0. The fraction of sp³-hybridized carbons (Fsp3) is 0.625. The Labute approximate surface area is 86.5 Å². The average Bonchev–Trinajstić information content (AvgIpc) is 2.50. The van der Waals surface area contributed by atoms with E-state index >= 15 is 0 Å². The summed E-state index contributed by atoms with van der Waals surface area (Å²) in [6.07, 6.45) is 5.44. The molecule has 4 heteroatoms. The number of hydrogen-bond donors (Lipinski definition) is 0. The summed E-state index contributed by atoms with van der Waals surface area (Å²) >= 11 is 12.7. The summed E-state index contributed by atoms with van der Waals surface area (Å²) in [4.78, 5) is 10.8. The van der Waals surface area contributed by atoms with Gasteiger partial charge in [-0.25, -0.2) is 0 Å². The highest BCUT2D eigenvalue weighted by Gasteiger charge is 2.33. The zero-order valence-corrected chi connectivity index (χ0v) is 8.88. The molecule has 0 aromatic heterocycles. The second-order valence-electron chi connectivity index (χ2n) is 2.83. The smallest absolute Gasteiger partial charge is 0.136 e. The minimum absolute atomic E-state index is 0.241. The number of carbonyl (C=O) groups excluding carboxylic acids is 1. The Kier molecular flexibility index (Phi) is 3.94. The Morgan fingerprint density at radius 3 is 2.75 bits per heavy atom. The fourth-order valence-corrected chi connectivity index (χ4v) is 2.68. The van der Waals surface area contributed by atoms with E-state index in [-0.39, 0.29) is 9.24 Å². The third kappa shape index (κ3) is 2.68. The standard InChI is InChI=1S/C8H10Cl2OS/c9-7(10)2-4-8(6-11)3-1-5-12-8/h2,6H,1,3-5H2. The number of rotatable bonds is 3. The first-order valence-electron chi connectivity index (χ1n) is 3.80. The lowest BCUT2D eigenvalue weighted by molar-refractivity contribution is -0.109. The van der Waals surface area contributed by atoms with Gasteiger partial charge in [0.2, 0.25) is 0 Å². The number of thioether (sulfide) groups is 1. The lowest BCUT2D eigenvalue weighted by Gasteiger charge is -2.17. The Morgan fingerprint density at radius 2 is 2.33 bits per heavy atom. The van der Waals surface area contributed by atoms with E-state index in [9.17, 15) is 4.79 Å². The van der Waals surface area contributed by atoms with Crippen LogP contribution in [-0.4, -0.2) is 16.8 Å². The van der Waals surface area contributed by atoms with Crippen molar-refractivity contribution in [3.63, 3.8) is 0 Å². The third-order valence-corrected chi connectivity index (χ3v) is 3.79. The maximum atomic E-state index is 10.8. The van der Waals surface area contributed by atoms with Crippen LogP contribution in [0.5, 0.6) is 0 Å². The molecule has 1 unspecified atom stereocenters. The molecule has 1 heterocycles. The summed E-state index contributed by atoms with van der Waals surface area (Å²) in [5, 5.41) is 0. The van der Waals surface area contributed by atoms with Crippen LogP contribution in [0.25, 0.3) is 0 Å². The molecule has 1 fully saturated rings. The number of aldehydes is 1. The Balaban J connectivity index is 2.55. The van der Waals surface area contributed by atoms with Crippen LogP contribution in [0.3, 0.4) is 0 Å². The monoisotopic (exact) mass is 224 g/mol. The maximum Gasteiger partial charge on any atom is 0.136 e. The van der Waals surface area contributed by atoms with Crippen molar-refractivity contribution in [2.75, 3.05) is 5.75 Å². The summed E-state index contributed by atoms with van der Waals surface area (Å²) in [5.74, 6) is 1.06. The van der Waals surface area contributed by atoms with Gasteiger partial charge in [0.1, 0.15) is 10.8 Å². The molecule has 0 radical (unpaired) electrons. The zero-order chi connectivity index (χ0) is 9.03. The van der Waals surface area contributed by atoms with E-state index in [1.807, 2.05) is 0 Å². The van der Waals surface area contributed by atoms with Crippen LogP contribution < -0.4 is 0 Å². The van der Waals surface area contributed by atoms with Gasteiger partial charge in [0.15, 0.2) is 0 Å². The average molecular weight is 225 g/mol. The van der Waals surface area contributed by atoms with Crippen molar-refractivity contribution >= 4 is 41.2 Å². The molecule has 0 aliphatic carbocycles. The molecule has 1 aliphatic heterocycles. The molecule has 0 aromatic carbocycles. The van der Waals surface area contributed by atoms with Gasteiger partial charge < -0.3 is 4.79 Å². The van der Waals surface area contributed by atoms with Crippen molar-refractivity contribution in [1.29, 1.82) is 0 Å². The molecule has 1 saturated heterocycles. The SMILES string of the molecule is O=CC1(CC=C(Cl)Cl)CCCS1. The number of carbonyl (C=O) groups is 1. The van der Waals surface area contributed by atoms with Gasteiger partial charge in [0.25, 0.3) is 0 Å². The molecule has 68 valence electrons. The summed E-state index contributed by atoms with van der Waals surface area (Å²) < 4.78 is 0.0124. The molecule has 0 N–H and O–H groups in total. The molecular weight excluding hydrogens is 215 g/mol. The predicted octanol–water partition coefficient (Wildman–Crippen LogP) is 3.16. The predicted molar refractivity (Wildman–Crippen MR) is 54.9 cm³/mol. The van der Waals surface area contributed by atoms with Crippen LogP contribution >= 0.6 is 35.0 Å². The van der Waals surface area contributed by atoms with Gasteiger partial charge in [-0.15, -0.1) is 11.8 Å².